The highest BCUT2D eigenvalue weighted by atomic mass is 19.4. The van der Waals surface area contributed by atoms with Gasteiger partial charge >= 0.3 is 6.18 Å². The summed E-state index contributed by atoms with van der Waals surface area (Å²) in [6.45, 7) is 6.47. The molecule has 0 aliphatic carbocycles. The second-order valence-corrected chi connectivity index (χ2v) is 8.11. The molecular formula is C17H27F3N2O2. The zero-order valence-electron chi connectivity index (χ0n) is 14.7. The standard InChI is InChI=1S/C17H27F3N2O2/c1-16(2,3)13-5-4-7-21(8-6-13)15(24)12-9-14(23)22(10-12)11-17(18,19)20/h12-13H,4-11H2,1-3H3/t12-,13-/m1/s1. The van der Waals surface area contributed by atoms with Crippen molar-refractivity contribution in [3.8, 4) is 0 Å². The van der Waals surface area contributed by atoms with E-state index in [0.29, 0.717) is 19.0 Å². The predicted octanol–water partition coefficient (Wildman–Crippen LogP) is 3.07. The summed E-state index contributed by atoms with van der Waals surface area (Å²) in [4.78, 5) is 26.9. The van der Waals surface area contributed by atoms with Crippen LogP contribution in [0.15, 0.2) is 0 Å². The van der Waals surface area contributed by atoms with Gasteiger partial charge in [0.1, 0.15) is 6.54 Å². The molecule has 0 radical (unpaired) electrons. The fourth-order valence-electron chi connectivity index (χ4n) is 3.75. The Kier molecular flexibility index (Phi) is 5.50. The van der Waals surface area contributed by atoms with E-state index in [0.717, 1.165) is 24.2 Å². The zero-order chi connectivity index (χ0) is 18.1. The van der Waals surface area contributed by atoms with Crippen LogP contribution in [0, 0.1) is 17.3 Å². The van der Waals surface area contributed by atoms with E-state index < -0.39 is 24.5 Å². The Morgan fingerprint density at radius 2 is 1.83 bits per heavy atom. The average Bonchev–Trinajstić information content (AvgIpc) is 2.64. The molecule has 138 valence electrons. The summed E-state index contributed by atoms with van der Waals surface area (Å²) < 4.78 is 37.4. The van der Waals surface area contributed by atoms with Gasteiger partial charge in [0.05, 0.1) is 5.92 Å². The van der Waals surface area contributed by atoms with E-state index in [2.05, 4.69) is 20.8 Å². The van der Waals surface area contributed by atoms with Crippen molar-refractivity contribution < 1.29 is 22.8 Å². The van der Waals surface area contributed by atoms with Gasteiger partial charge in [-0.15, -0.1) is 0 Å². The van der Waals surface area contributed by atoms with E-state index in [1.807, 2.05) is 0 Å². The van der Waals surface area contributed by atoms with Crippen LogP contribution >= 0.6 is 0 Å². The molecule has 2 rings (SSSR count). The third-order valence-electron chi connectivity index (χ3n) is 5.20. The minimum atomic E-state index is -4.42. The summed E-state index contributed by atoms with van der Waals surface area (Å²) in [5.74, 6) is -0.844. The molecule has 2 atom stereocenters. The molecule has 2 amide bonds. The number of hydrogen-bond acceptors (Lipinski definition) is 2. The maximum atomic E-state index is 12.6. The maximum Gasteiger partial charge on any atom is 0.406 e. The molecule has 0 aromatic rings. The highest BCUT2D eigenvalue weighted by molar-refractivity contribution is 5.89. The van der Waals surface area contributed by atoms with Crippen molar-refractivity contribution in [2.24, 2.45) is 17.3 Å². The number of hydrogen-bond donors (Lipinski definition) is 0. The lowest BCUT2D eigenvalue weighted by atomic mass is 9.77. The molecule has 7 heteroatoms. The number of nitrogens with zero attached hydrogens (tertiary/aromatic N) is 2. The normalized spacial score (nSPS) is 26.7. The van der Waals surface area contributed by atoms with Gasteiger partial charge in [-0.1, -0.05) is 20.8 Å². The number of alkyl halides is 3. The fourth-order valence-corrected chi connectivity index (χ4v) is 3.75. The molecule has 2 saturated heterocycles. The van der Waals surface area contributed by atoms with E-state index in [9.17, 15) is 22.8 Å². The summed E-state index contributed by atoms with van der Waals surface area (Å²) in [7, 11) is 0. The Hall–Kier alpha value is -1.27. The van der Waals surface area contributed by atoms with E-state index >= 15 is 0 Å². The summed E-state index contributed by atoms with van der Waals surface area (Å²) in [5.41, 5.74) is 0.186. The topological polar surface area (TPSA) is 40.6 Å². The van der Waals surface area contributed by atoms with Gasteiger partial charge in [-0.2, -0.15) is 13.2 Å². The van der Waals surface area contributed by atoms with E-state index in [4.69, 9.17) is 0 Å². The number of amides is 2. The molecule has 2 heterocycles. The summed E-state index contributed by atoms with van der Waals surface area (Å²) in [6, 6.07) is 0. The number of carbonyl (C=O) groups excluding carboxylic acids is 2. The van der Waals surface area contributed by atoms with Crippen LogP contribution in [-0.4, -0.2) is 54.0 Å². The van der Waals surface area contributed by atoms with Crippen molar-refractivity contribution in [1.82, 2.24) is 9.80 Å². The van der Waals surface area contributed by atoms with Gasteiger partial charge in [0, 0.05) is 26.1 Å². The second kappa shape index (κ2) is 6.92. The van der Waals surface area contributed by atoms with Crippen molar-refractivity contribution in [3.63, 3.8) is 0 Å². The highest BCUT2D eigenvalue weighted by Crippen LogP contribution is 2.35. The average molecular weight is 348 g/mol. The van der Waals surface area contributed by atoms with Crippen LogP contribution in [-0.2, 0) is 9.59 Å². The largest absolute Gasteiger partial charge is 0.406 e. The molecule has 2 aliphatic rings. The predicted molar refractivity (Wildman–Crippen MR) is 84.1 cm³/mol. The van der Waals surface area contributed by atoms with Crippen molar-refractivity contribution >= 4 is 11.8 Å². The van der Waals surface area contributed by atoms with Crippen molar-refractivity contribution in [1.29, 1.82) is 0 Å². The Balaban J connectivity index is 1.94. The smallest absolute Gasteiger partial charge is 0.342 e. The molecule has 24 heavy (non-hydrogen) atoms. The number of halogens is 3. The number of carbonyl (C=O) groups is 2. The Morgan fingerprint density at radius 3 is 2.42 bits per heavy atom. The van der Waals surface area contributed by atoms with Crippen molar-refractivity contribution in [2.45, 2.75) is 52.6 Å². The molecule has 0 saturated carbocycles. The van der Waals surface area contributed by atoms with Gasteiger partial charge in [-0.25, -0.2) is 0 Å². The van der Waals surface area contributed by atoms with Crippen LogP contribution in [0.3, 0.4) is 0 Å². The van der Waals surface area contributed by atoms with Gasteiger partial charge in [0.2, 0.25) is 11.8 Å². The summed E-state index contributed by atoms with van der Waals surface area (Å²) in [5, 5.41) is 0. The lowest BCUT2D eigenvalue weighted by molar-refractivity contribution is -0.157. The van der Waals surface area contributed by atoms with Crippen molar-refractivity contribution in [3.05, 3.63) is 0 Å². The van der Waals surface area contributed by atoms with Crippen LogP contribution in [0.5, 0.6) is 0 Å². The molecule has 4 nitrogen and oxygen atoms in total. The van der Waals surface area contributed by atoms with Gasteiger partial charge in [-0.3, -0.25) is 9.59 Å². The Morgan fingerprint density at radius 1 is 1.17 bits per heavy atom. The van der Waals surface area contributed by atoms with E-state index in [-0.39, 0.29) is 24.3 Å². The monoisotopic (exact) mass is 348 g/mol. The molecule has 2 aliphatic heterocycles. The number of likely N-dealkylation sites (tertiary alicyclic amines) is 2. The SMILES string of the molecule is CC(C)(C)[C@@H]1CCCN(C(=O)[C@@H]2CC(=O)N(CC(F)(F)F)C2)CC1. The summed E-state index contributed by atoms with van der Waals surface area (Å²) >= 11 is 0. The van der Waals surface area contributed by atoms with Crippen LogP contribution in [0.1, 0.15) is 46.5 Å². The maximum absolute atomic E-state index is 12.6. The molecule has 2 fully saturated rings. The summed E-state index contributed by atoms with van der Waals surface area (Å²) in [6.07, 6.45) is -1.66. The van der Waals surface area contributed by atoms with Crippen LogP contribution in [0.4, 0.5) is 13.2 Å². The fraction of sp³-hybridized carbons (Fsp3) is 0.882. The number of rotatable bonds is 2. The molecule has 0 aromatic carbocycles. The second-order valence-electron chi connectivity index (χ2n) is 8.11. The molecule has 0 unspecified atom stereocenters. The van der Waals surface area contributed by atoms with E-state index in [1.54, 1.807) is 4.90 Å². The highest BCUT2D eigenvalue weighted by Gasteiger charge is 2.42. The lowest BCUT2D eigenvalue weighted by Gasteiger charge is -2.30. The van der Waals surface area contributed by atoms with Crippen LogP contribution in [0.25, 0.3) is 0 Å². The van der Waals surface area contributed by atoms with E-state index in [1.165, 1.54) is 0 Å². The zero-order valence-corrected chi connectivity index (χ0v) is 14.7. The first-order valence-corrected chi connectivity index (χ1v) is 8.60. The van der Waals surface area contributed by atoms with Crippen molar-refractivity contribution in [2.75, 3.05) is 26.2 Å². The minimum absolute atomic E-state index is 0.103. The first-order valence-electron chi connectivity index (χ1n) is 8.60. The van der Waals surface area contributed by atoms with Gasteiger partial charge < -0.3 is 9.80 Å². The molecule has 0 bridgehead atoms. The van der Waals surface area contributed by atoms with Gasteiger partial charge in [0.15, 0.2) is 0 Å². The molecule has 0 N–H and O–H groups in total. The van der Waals surface area contributed by atoms with Gasteiger partial charge in [-0.05, 0) is 30.6 Å². The molecular weight excluding hydrogens is 321 g/mol. The first kappa shape index (κ1) is 19.1. The third-order valence-corrected chi connectivity index (χ3v) is 5.20. The van der Waals surface area contributed by atoms with Crippen LogP contribution in [0.2, 0.25) is 0 Å². The Labute approximate surface area is 141 Å². The molecule has 0 spiro atoms. The minimum Gasteiger partial charge on any atom is -0.342 e. The third kappa shape index (κ3) is 4.86. The molecule has 0 aromatic heterocycles. The Bertz CT molecular complexity index is 485. The van der Waals surface area contributed by atoms with Gasteiger partial charge in [0.25, 0.3) is 0 Å². The first-order chi connectivity index (χ1) is 11.0. The lowest BCUT2D eigenvalue weighted by Crippen LogP contribution is -2.39. The van der Waals surface area contributed by atoms with Crippen LogP contribution < -0.4 is 0 Å². The quantitative estimate of drug-likeness (QED) is 0.769.